The Hall–Kier alpha value is -0.0800. The number of piperidine rings is 1. The molecule has 0 bridgehead atoms. The molecule has 0 unspecified atom stereocenters. The first-order valence-corrected chi connectivity index (χ1v) is 4.86. The lowest BCUT2D eigenvalue weighted by molar-refractivity contribution is -0.896. The molecule has 1 heterocycles. The zero-order valence-electron chi connectivity index (χ0n) is 8.80. The Morgan fingerprint density at radius 3 is 1.92 bits per heavy atom. The van der Waals surface area contributed by atoms with Crippen molar-refractivity contribution >= 4 is 0 Å². The number of quaternary nitrogens is 1. The van der Waals surface area contributed by atoms with Crippen molar-refractivity contribution in [2.45, 2.75) is 32.3 Å². The molecule has 1 fully saturated rings. The van der Waals surface area contributed by atoms with Crippen molar-refractivity contribution < 1.29 is 9.59 Å². The summed E-state index contributed by atoms with van der Waals surface area (Å²) in [5.74, 6) is 0.503. The maximum absolute atomic E-state index is 9.81. The fourth-order valence-corrected chi connectivity index (χ4v) is 1.97. The predicted molar refractivity (Wildman–Crippen MR) is 50.9 cm³/mol. The standard InChI is InChI=1S/C10H22NO/c1-10(2,12)9-5-7-11(3,4)8-6-9/h9,12H,5-8H2,1-4H3/q+1. The van der Waals surface area contributed by atoms with E-state index < -0.39 is 5.60 Å². The summed E-state index contributed by atoms with van der Waals surface area (Å²) >= 11 is 0. The van der Waals surface area contributed by atoms with Crippen molar-refractivity contribution in [1.82, 2.24) is 0 Å². The highest BCUT2D eigenvalue weighted by Crippen LogP contribution is 2.29. The second kappa shape index (κ2) is 3.00. The molecule has 0 atom stereocenters. The molecule has 1 rings (SSSR count). The van der Waals surface area contributed by atoms with Gasteiger partial charge in [0.15, 0.2) is 0 Å². The summed E-state index contributed by atoms with van der Waals surface area (Å²) in [5.41, 5.74) is -0.472. The maximum Gasteiger partial charge on any atom is 0.0786 e. The molecular formula is C10H22NO+. The average Bonchev–Trinajstić information content (AvgIpc) is 1.83. The van der Waals surface area contributed by atoms with Gasteiger partial charge in [0.2, 0.25) is 0 Å². The first kappa shape index (κ1) is 10.0. The molecule has 0 radical (unpaired) electrons. The van der Waals surface area contributed by atoms with E-state index in [9.17, 15) is 5.11 Å². The van der Waals surface area contributed by atoms with E-state index in [1.807, 2.05) is 13.8 Å². The van der Waals surface area contributed by atoms with Gasteiger partial charge < -0.3 is 9.59 Å². The van der Waals surface area contributed by atoms with Crippen molar-refractivity contribution in [1.29, 1.82) is 0 Å². The van der Waals surface area contributed by atoms with Crippen LogP contribution in [0.1, 0.15) is 26.7 Å². The Morgan fingerprint density at radius 2 is 1.58 bits per heavy atom. The topological polar surface area (TPSA) is 20.2 Å². The molecule has 12 heavy (non-hydrogen) atoms. The van der Waals surface area contributed by atoms with E-state index in [0.717, 1.165) is 17.3 Å². The fraction of sp³-hybridized carbons (Fsp3) is 1.00. The summed E-state index contributed by atoms with van der Waals surface area (Å²) in [7, 11) is 4.53. The second-order valence-electron chi connectivity index (χ2n) is 5.31. The van der Waals surface area contributed by atoms with Gasteiger partial charge in [-0.15, -0.1) is 0 Å². The van der Waals surface area contributed by atoms with Gasteiger partial charge in [-0.2, -0.15) is 0 Å². The lowest BCUT2D eigenvalue weighted by Crippen LogP contribution is -2.49. The Balaban J connectivity index is 2.47. The maximum atomic E-state index is 9.81. The van der Waals surface area contributed by atoms with Gasteiger partial charge in [0.25, 0.3) is 0 Å². The van der Waals surface area contributed by atoms with E-state index in [1.165, 1.54) is 13.1 Å². The van der Waals surface area contributed by atoms with E-state index in [-0.39, 0.29) is 0 Å². The van der Waals surface area contributed by atoms with Crippen LogP contribution in [-0.2, 0) is 0 Å². The van der Waals surface area contributed by atoms with E-state index in [4.69, 9.17) is 0 Å². The van der Waals surface area contributed by atoms with Crippen LogP contribution >= 0.6 is 0 Å². The van der Waals surface area contributed by atoms with Crippen LogP contribution in [0.25, 0.3) is 0 Å². The summed E-state index contributed by atoms with van der Waals surface area (Å²) in [4.78, 5) is 0. The molecule has 0 aromatic carbocycles. The van der Waals surface area contributed by atoms with Crippen LogP contribution in [-0.4, -0.2) is 42.4 Å². The Morgan fingerprint density at radius 1 is 1.17 bits per heavy atom. The largest absolute Gasteiger partial charge is 0.390 e. The molecule has 2 heteroatoms. The molecule has 0 aromatic rings. The first-order chi connectivity index (χ1) is 5.31. The monoisotopic (exact) mass is 172 g/mol. The Bertz CT molecular complexity index is 148. The number of hydrogen-bond acceptors (Lipinski definition) is 1. The zero-order chi connectivity index (χ0) is 9.41. The smallest absolute Gasteiger partial charge is 0.0786 e. The number of nitrogens with zero attached hydrogens (tertiary/aromatic N) is 1. The fourth-order valence-electron chi connectivity index (χ4n) is 1.97. The average molecular weight is 172 g/mol. The third-order valence-electron chi connectivity index (χ3n) is 3.16. The van der Waals surface area contributed by atoms with Crippen molar-refractivity contribution in [3.05, 3.63) is 0 Å². The van der Waals surface area contributed by atoms with E-state index in [2.05, 4.69) is 14.1 Å². The van der Waals surface area contributed by atoms with Gasteiger partial charge in [0.05, 0.1) is 32.8 Å². The highest BCUT2D eigenvalue weighted by molar-refractivity contribution is 4.79. The lowest BCUT2D eigenvalue weighted by atomic mass is 9.82. The second-order valence-corrected chi connectivity index (χ2v) is 5.31. The molecule has 0 amide bonds. The molecule has 0 saturated carbocycles. The summed E-state index contributed by atoms with van der Waals surface area (Å²) < 4.78 is 1.12. The normalized spacial score (nSPS) is 25.8. The highest BCUT2D eigenvalue weighted by atomic mass is 16.3. The van der Waals surface area contributed by atoms with Gasteiger partial charge in [0, 0.05) is 12.8 Å². The molecule has 1 N–H and O–H groups in total. The molecule has 72 valence electrons. The van der Waals surface area contributed by atoms with E-state index in [1.54, 1.807) is 0 Å². The van der Waals surface area contributed by atoms with E-state index >= 15 is 0 Å². The van der Waals surface area contributed by atoms with Gasteiger partial charge in [-0.25, -0.2) is 0 Å². The molecule has 0 aromatic heterocycles. The Labute approximate surface area is 75.8 Å². The number of aliphatic hydroxyl groups is 1. The molecule has 1 aliphatic heterocycles. The predicted octanol–water partition coefficient (Wildman–Crippen LogP) is 1.24. The summed E-state index contributed by atoms with van der Waals surface area (Å²) in [6.07, 6.45) is 2.33. The molecule has 1 aliphatic rings. The third-order valence-corrected chi connectivity index (χ3v) is 3.16. The van der Waals surface area contributed by atoms with Gasteiger partial charge in [-0.05, 0) is 19.8 Å². The van der Waals surface area contributed by atoms with Gasteiger partial charge in [-0.3, -0.25) is 0 Å². The van der Waals surface area contributed by atoms with Crippen LogP contribution in [0.5, 0.6) is 0 Å². The minimum absolute atomic E-state index is 0.472. The van der Waals surface area contributed by atoms with Crippen LogP contribution in [0.4, 0.5) is 0 Å². The SMILES string of the molecule is CC(C)(O)C1CC[N+](C)(C)CC1. The molecule has 1 saturated heterocycles. The van der Waals surface area contributed by atoms with E-state index in [0.29, 0.717) is 5.92 Å². The van der Waals surface area contributed by atoms with Crippen molar-refractivity contribution in [3.63, 3.8) is 0 Å². The number of likely N-dealkylation sites (tertiary alicyclic amines) is 1. The third kappa shape index (κ3) is 2.46. The van der Waals surface area contributed by atoms with Crippen LogP contribution in [0.2, 0.25) is 0 Å². The Kier molecular flexibility index (Phi) is 2.50. The molecular weight excluding hydrogens is 150 g/mol. The van der Waals surface area contributed by atoms with Crippen molar-refractivity contribution in [2.24, 2.45) is 5.92 Å². The first-order valence-electron chi connectivity index (χ1n) is 4.86. The van der Waals surface area contributed by atoms with Gasteiger partial charge >= 0.3 is 0 Å². The molecule has 0 spiro atoms. The van der Waals surface area contributed by atoms with Gasteiger partial charge in [0.1, 0.15) is 0 Å². The van der Waals surface area contributed by atoms with Crippen LogP contribution in [0.15, 0.2) is 0 Å². The lowest BCUT2D eigenvalue weighted by Gasteiger charge is -2.41. The summed E-state index contributed by atoms with van der Waals surface area (Å²) in [6.45, 7) is 6.27. The molecule has 2 nitrogen and oxygen atoms in total. The highest BCUT2D eigenvalue weighted by Gasteiger charge is 2.34. The van der Waals surface area contributed by atoms with Gasteiger partial charge in [-0.1, -0.05) is 0 Å². The van der Waals surface area contributed by atoms with Crippen LogP contribution in [0.3, 0.4) is 0 Å². The zero-order valence-corrected chi connectivity index (χ0v) is 8.80. The van der Waals surface area contributed by atoms with Crippen LogP contribution < -0.4 is 0 Å². The minimum atomic E-state index is -0.472. The van der Waals surface area contributed by atoms with Crippen molar-refractivity contribution in [3.8, 4) is 0 Å². The minimum Gasteiger partial charge on any atom is -0.390 e. The van der Waals surface area contributed by atoms with Crippen LogP contribution in [0, 0.1) is 5.92 Å². The quantitative estimate of drug-likeness (QED) is 0.590. The summed E-state index contributed by atoms with van der Waals surface area (Å²) in [6, 6.07) is 0. The number of hydrogen-bond donors (Lipinski definition) is 1. The number of rotatable bonds is 1. The van der Waals surface area contributed by atoms with Crippen molar-refractivity contribution in [2.75, 3.05) is 27.2 Å². The molecule has 0 aliphatic carbocycles. The summed E-state index contributed by atoms with van der Waals surface area (Å²) in [5, 5.41) is 9.81.